The number of fused-ring (bicyclic) bond motifs is 4. The van der Waals surface area contributed by atoms with Crippen LogP contribution in [-0.4, -0.2) is 47.3 Å². The zero-order valence-electron chi connectivity index (χ0n) is 24.8. The number of amides is 1. The van der Waals surface area contributed by atoms with E-state index in [0.717, 1.165) is 18.6 Å². The highest BCUT2D eigenvalue weighted by atomic mass is 16.6. The average Bonchev–Trinajstić information content (AvgIpc) is 3.22. The lowest BCUT2D eigenvalue weighted by Gasteiger charge is -2.40. The van der Waals surface area contributed by atoms with Crippen molar-refractivity contribution in [2.45, 2.75) is 70.9 Å². The highest BCUT2D eigenvalue weighted by Crippen LogP contribution is 2.60. The first-order valence-corrected chi connectivity index (χ1v) is 15.0. The van der Waals surface area contributed by atoms with Gasteiger partial charge in [-0.3, -0.25) is 9.59 Å². The fourth-order valence-electron chi connectivity index (χ4n) is 6.74. The number of benzene rings is 2. The number of carbonyl (C=O) groups excluding carboxylic acids is 3. The van der Waals surface area contributed by atoms with Crippen molar-refractivity contribution >= 4 is 17.8 Å². The van der Waals surface area contributed by atoms with Crippen molar-refractivity contribution in [2.75, 3.05) is 13.2 Å². The number of carbonyl (C=O) groups is 3. The number of esters is 1. The van der Waals surface area contributed by atoms with Gasteiger partial charge in [-0.25, -0.2) is 4.79 Å². The number of hydrogen-bond donors (Lipinski definition) is 3. The van der Waals surface area contributed by atoms with Gasteiger partial charge in [-0.1, -0.05) is 6.92 Å². The molecule has 5 rings (SSSR count). The van der Waals surface area contributed by atoms with Crippen molar-refractivity contribution in [3.05, 3.63) is 59.4 Å². The van der Waals surface area contributed by atoms with Gasteiger partial charge in [-0.05, 0) is 70.2 Å². The molecule has 43 heavy (non-hydrogen) atoms. The molecule has 1 aliphatic carbocycles. The zero-order chi connectivity index (χ0) is 30.7. The van der Waals surface area contributed by atoms with Crippen molar-refractivity contribution in [3.8, 4) is 23.0 Å². The Morgan fingerprint density at radius 3 is 2.37 bits per heavy atom. The zero-order valence-corrected chi connectivity index (χ0v) is 24.8. The summed E-state index contributed by atoms with van der Waals surface area (Å²) >= 11 is 0. The maximum absolute atomic E-state index is 13.5. The van der Waals surface area contributed by atoms with Crippen LogP contribution >= 0.6 is 0 Å². The topological polar surface area (TPSA) is 141 Å². The molecule has 10 heteroatoms. The van der Waals surface area contributed by atoms with E-state index in [1.165, 1.54) is 24.3 Å². The summed E-state index contributed by atoms with van der Waals surface area (Å²) < 4.78 is 23.1. The Balaban J connectivity index is 1.21. The first-order chi connectivity index (χ1) is 20.7. The Morgan fingerprint density at radius 1 is 1.09 bits per heavy atom. The smallest absolute Gasteiger partial charge is 0.407 e. The van der Waals surface area contributed by atoms with E-state index in [9.17, 15) is 24.6 Å². The number of rotatable bonds is 10. The van der Waals surface area contributed by atoms with Crippen LogP contribution < -0.4 is 10.1 Å². The summed E-state index contributed by atoms with van der Waals surface area (Å²) in [6, 6.07) is 9.01. The predicted molar refractivity (Wildman–Crippen MR) is 156 cm³/mol. The van der Waals surface area contributed by atoms with E-state index in [-0.39, 0.29) is 35.7 Å². The average molecular weight is 594 g/mol. The number of nitrogens with one attached hydrogen (secondary N) is 1. The molecule has 0 radical (unpaired) electrons. The fraction of sp³-hybridized carbons (Fsp3) is 0.485. The predicted octanol–water partition coefficient (Wildman–Crippen LogP) is 5.83. The van der Waals surface area contributed by atoms with Gasteiger partial charge in [0.25, 0.3) is 0 Å². The van der Waals surface area contributed by atoms with Crippen molar-refractivity contribution < 1.29 is 43.5 Å². The molecule has 3 N–H and O–H groups in total. The highest BCUT2D eigenvalue weighted by molar-refractivity contribution is 5.92. The molecule has 2 aromatic rings. The second-order valence-electron chi connectivity index (χ2n) is 11.5. The summed E-state index contributed by atoms with van der Waals surface area (Å²) in [5, 5.41) is 23.1. The molecule has 230 valence electrons. The first kappa shape index (κ1) is 30.3. The molecule has 0 saturated carbocycles. The van der Waals surface area contributed by atoms with Gasteiger partial charge in [0.05, 0.1) is 24.9 Å². The highest BCUT2D eigenvalue weighted by Gasteiger charge is 2.60. The normalized spacial score (nSPS) is 22.5. The Labute approximate surface area is 251 Å². The Hall–Kier alpha value is -4.21. The van der Waals surface area contributed by atoms with E-state index in [2.05, 4.69) is 5.32 Å². The van der Waals surface area contributed by atoms with Gasteiger partial charge < -0.3 is 34.5 Å². The molecule has 1 amide bonds. The lowest BCUT2D eigenvalue weighted by molar-refractivity contribution is -0.149. The van der Waals surface area contributed by atoms with E-state index in [0.29, 0.717) is 54.9 Å². The lowest BCUT2D eigenvalue weighted by atomic mass is 9.69. The van der Waals surface area contributed by atoms with Crippen LogP contribution in [0.15, 0.2) is 48.2 Å². The number of allylic oxidation sites excluding steroid dienone is 2. The summed E-state index contributed by atoms with van der Waals surface area (Å²) in [6.45, 7) is 6.42. The van der Waals surface area contributed by atoms with Gasteiger partial charge >= 0.3 is 12.1 Å². The van der Waals surface area contributed by atoms with Crippen LogP contribution in [0.25, 0.3) is 0 Å². The van der Waals surface area contributed by atoms with E-state index in [1.807, 2.05) is 20.8 Å². The third kappa shape index (κ3) is 6.00. The second kappa shape index (κ2) is 12.6. The lowest BCUT2D eigenvalue weighted by Crippen LogP contribution is -2.40. The van der Waals surface area contributed by atoms with Crippen LogP contribution in [-0.2, 0) is 29.4 Å². The Morgan fingerprint density at radius 2 is 1.77 bits per heavy atom. The summed E-state index contributed by atoms with van der Waals surface area (Å²) in [6.07, 6.45) is 4.57. The quantitative estimate of drug-likeness (QED) is 0.229. The number of phenols is 2. The molecule has 1 fully saturated rings. The van der Waals surface area contributed by atoms with Crippen molar-refractivity contribution in [3.63, 3.8) is 0 Å². The molecule has 2 aromatic carbocycles. The molecule has 2 aliphatic heterocycles. The summed E-state index contributed by atoms with van der Waals surface area (Å²) in [5.41, 5.74) is 0.0514. The van der Waals surface area contributed by atoms with Crippen LogP contribution in [0, 0.1) is 17.8 Å². The van der Waals surface area contributed by atoms with Crippen molar-refractivity contribution in [2.24, 2.45) is 17.8 Å². The standard InChI is InChI=1S/C33H39NO9/c1-4-25-24(15-19(3)34-32(39)41-14-6-7-20-8-11-23(40-5-2)18-28(20)37)31(38)43-33(25)26-12-9-21(35)16-29(26)42-30-17-22(36)10-13-27(30)33/h9-10,12-13,16-20,24-25,35-36H,4-8,11,14-15H2,1-3H3,(H,34,39). The van der Waals surface area contributed by atoms with Crippen molar-refractivity contribution in [1.82, 2.24) is 5.32 Å². The largest absolute Gasteiger partial charge is 0.508 e. The van der Waals surface area contributed by atoms with E-state index in [1.54, 1.807) is 18.2 Å². The number of hydrogen-bond acceptors (Lipinski definition) is 9. The summed E-state index contributed by atoms with van der Waals surface area (Å²) in [4.78, 5) is 38.4. The first-order valence-electron chi connectivity index (χ1n) is 15.0. The summed E-state index contributed by atoms with van der Waals surface area (Å²) in [7, 11) is 0. The number of alkyl carbamates (subject to hydrolysis) is 1. The monoisotopic (exact) mass is 593 g/mol. The van der Waals surface area contributed by atoms with Crippen LogP contribution in [0.5, 0.6) is 23.0 Å². The molecule has 0 aromatic heterocycles. The van der Waals surface area contributed by atoms with Gasteiger partial charge in [0.15, 0.2) is 11.4 Å². The van der Waals surface area contributed by atoms with Crippen LogP contribution in [0.2, 0.25) is 0 Å². The summed E-state index contributed by atoms with van der Waals surface area (Å²) in [5.74, 6) is 0.140. The fourth-order valence-corrected chi connectivity index (χ4v) is 6.74. The van der Waals surface area contributed by atoms with Crippen LogP contribution in [0.1, 0.15) is 70.4 Å². The molecule has 1 saturated heterocycles. The SMILES string of the molecule is CCOC1=CC(=O)C(CCCOC(=O)NC(C)CC2C(=O)OC3(c4ccc(O)cc4Oc4cc(O)ccc43)C2CC)CC1. The molecule has 2 heterocycles. The van der Waals surface area contributed by atoms with Gasteiger partial charge in [-0.15, -0.1) is 0 Å². The van der Waals surface area contributed by atoms with Gasteiger partial charge in [0, 0.05) is 53.6 Å². The Kier molecular flexibility index (Phi) is 8.84. The minimum absolute atomic E-state index is 0.000601. The van der Waals surface area contributed by atoms with Crippen LogP contribution in [0.3, 0.4) is 0 Å². The van der Waals surface area contributed by atoms with Gasteiger partial charge in [0.1, 0.15) is 23.0 Å². The molecular formula is C33H39NO9. The number of phenolic OH excluding ortho intramolecular Hbond substituents is 2. The van der Waals surface area contributed by atoms with Crippen LogP contribution in [0.4, 0.5) is 4.79 Å². The van der Waals surface area contributed by atoms with Gasteiger partial charge in [-0.2, -0.15) is 0 Å². The molecule has 10 nitrogen and oxygen atoms in total. The van der Waals surface area contributed by atoms with E-state index in [4.69, 9.17) is 18.9 Å². The maximum atomic E-state index is 13.5. The molecule has 4 unspecified atom stereocenters. The maximum Gasteiger partial charge on any atom is 0.407 e. The molecule has 3 aliphatic rings. The van der Waals surface area contributed by atoms with E-state index >= 15 is 0 Å². The molecule has 1 spiro atoms. The molecule has 4 atom stereocenters. The van der Waals surface area contributed by atoms with E-state index < -0.39 is 29.6 Å². The van der Waals surface area contributed by atoms with Crippen molar-refractivity contribution in [1.29, 1.82) is 0 Å². The number of ketones is 1. The molecule has 0 bridgehead atoms. The third-order valence-corrected chi connectivity index (χ3v) is 8.64. The minimum Gasteiger partial charge on any atom is -0.508 e. The number of aromatic hydroxyl groups is 2. The minimum atomic E-state index is -1.18. The third-order valence-electron chi connectivity index (χ3n) is 8.64. The Bertz CT molecular complexity index is 1370. The number of ether oxygens (including phenoxy) is 4. The van der Waals surface area contributed by atoms with Gasteiger partial charge in [0.2, 0.25) is 0 Å². The molecular weight excluding hydrogens is 554 g/mol. The second-order valence-corrected chi connectivity index (χ2v) is 11.5.